The van der Waals surface area contributed by atoms with Gasteiger partial charge in [-0.1, -0.05) is 109 Å². The van der Waals surface area contributed by atoms with E-state index in [1.54, 1.807) is 0 Å². The number of rotatable bonds is 6. The van der Waals surface area contributed by atoms with Gasteiger partial charge in [0.25, 0.3) is 0 Å². The van der Waals surface area contributed by atoms with Crippen LogP contribution in [0.2, 0.25) is 18.1 Å². The molecule has 5 rings (SSSR count). The molecule has 1 aromatic carbocycles. The van der Waals surface area contributed by atoms with E-state index in [0.717, 1.165) is 25.7 Å². The average molecular weight is 688 g/mol. The van der Waals surface area contributed by atoms with Gasteiger partial charge < -0.3 is 9.16 Å². The van der Waals surface area contributed by atoms with E-state index in [1.807, 2.05) is 0 Å². The lowest BCUT2D eigenvalue weighted by atomic mass is 9.70. The lowest BCUT2D eigenvalue weighted by Gasteiger charge is -2.45. The van der Waals surface area contributed by atoms with Crippen LogP contribution in [0.1, 0.15) is 145 Å². The van der Waals surface area contributed by atoms with Crippen LogP contribution in [0.4, 0.5) is 0 Å². The van der Waals surface area contributed by atoms with Crippen LogP contribution in [-0.2, 0) is 27.6 Å². The third-order valence-corrected chi connectivity index (χ3v) is 16.4. The molecule has 4 atom stereocenters. The maximum atomic E-state index is 7.46. The molecule has 2 aliphatic carbocycles. The Kier molecular flexibility index (Phi) is 8.49. The lowest BCUT2D eigenvalue weighted by Crippen LogP contribution is -2.44. The highest BCUT2D eigenvalue weighted by atomic mass is 127. The monoisotopic (exact) mass is 687 g/mol. The fourth-order valence-electron chi connectivity index (χ4n) is 7.30. The molecule has 1 fully saturated rings. The van der Waals surface area contributed by atoms with Gasteiger partial charge in [0.05, 0.1) is 6.10 Å². The summed E-state index contributed by atoms with van der Waals surface area (Å²) in [5.41, 5.74) is 9.30. The largest absolute Gasteiger partial charge is 0.410 e. The third kappa shape index (κ3) is 5.75. The number of alkyl halides is 1. The summed E-state index contributed by atoms with van der Waals surface area (Å²) in [6, 6.07) is 9.32. The van der Waals surface area contributed by atoms with E-state index in [0.29, 0.717) is 15.8 Å². The first-order chi connectivity index (χ1) is 19.0. The molecule has 0 bridgehead atoms. The molecule has 226 valence electrons. The molecule has 0 amide bonds. The van der Waals surface area contributed by atoms with Crippen LogP contribution in [-0.4, -0.2) is 17.2 Å². The van der Waals surface area contributed by atoms with Crippen LogP contribution in [0.25, 0.3) is 0 Å². The van der Waals surface area contributed by atoms with Gasteiger partial charge in [-0.25, -0.2) is 0 Å². The molecular weight excluding hydrogens is 633 g/mol. The van der Waals surface area contributed by atoms with Crippen LogP contribution in [0.5, 0.6) is 0 Å². The maximum absolute atomic E-state index is 7.46. The van der Waals surface area contributed by atoms with Crippen molar-refractivity contribution in [1.29, 1.82) is 0 Å². The molecule has 1 spiro atoms. The Morgan fingerprint density at radius 2 is 1.73 bits per heavy atom. The van der Waals surface area contributed by atoms with E-state index in [-0.39, 0.29) is 28.3 Å². The third-order valence-electron chi connectivity index (χ3n) is 10.3. The highest BCUT2D eigenvalue weighted by molar-refractivity contribution is 14.1. The highest BCUT2D eigenvalue weighted by Gasteiger charge is 2.57. The highest BCUT2D eigenvalue weighted by Crippen LogP contribution is 2.62. The van der Waals surface area contributed by atoms with Gasteiger partial charge in [-0.2, -0.15) is 0 Å². The van der Waals surface area contributed by atoms with Crippen LogP contribution >= 0.6 is 22.6 Å². The predicted molar refractivity (Wildman–Crippen MR) is 183 cm³/mol. The number of hydrogen-bond acceptors (Lipinski definition) is 3. The topological polar surface area (TPSA) is 31.4 Å². The summed E-state index contributed by atoms with van der Waals surface area (Å²) in [7, 11) is -2.03. The van der Waals surface area contributed by atoms with Gasteiger partial charge in [0.1, 0.15) is 11.7 Å². The van der Waals surface area contributed by atoms with E-state index < -0.39 is 8.32 Å². The van der Waals surface area contributed by atoms with Crippen molar-refractivity contribution in [3.05, 3.63) is 63.5 Å². The van der Waals surface area contributed by atoms with Crippen molar-refractivity contribution in [1.82, 2.24) is 4.98 Å². The van der Waals surface area contributed by atoms with Crippen LogP contribution in [0, 0.1) is 11.3 Å². The fraction of sp³-hybridized carbons (Fsp3) is 0.694. The molecule has 1 aromatic heterocycles. The van der Waals surface area contributed by atoms with E-state index in [9.17, 15) is 0 Å². The van der Waals surface area contributed by atoms with Crippen LogP contribution in [0.15, 0.2) is 24.3 Å². The predicted octanol–water partition coefficient (Wildman–Crippen LogP) is 10.7. The number of halogens is 1. The van der Waals surface area contributed by atoms with Crippen molar-refractivity contribution in [2.75, 3.05) is 0 Å². The molecule has 3 aliphatic rings. The number of aromatic nitrogens is 1. The Labute approximate surface area is 265 Å². The second kappa shape index (κ2) is 11.0. The van der Waals surface area contributed by atoms with Crippen molar-refractivity contribution >= 4 is 30.9 Å². The summed E-state index contributed by atoms with van der Waals surface area (Å²) >= 11 is 2.71. The van der Waals surface area contributed by atoms with Gasteiger partial charge in [0.15, 0.2) is 8.32 Å². The molecule has 5 heteroatoms. The average Bonchev–Trinajstić information content (AvgIpc) is 3.37. The Bertz CT molecular complexity index is 1280. The summed E-state index contributed by atoms with van der Waals surface area (Å²) in [6.45, 7) is 25.9. The molecule has 3 unspecified atom stereocenters. The van der Waals surface area contributed by atoms with Gasteiger partial charge >= 0.3 is 0 Å². The van der Waals surface area contributed by atoms with E-state index >= 15 is 0 Å². The minimum atomic E-state index is -2.03. The van der Waals surface area contributed by atoms with Crippen molar-refractivity contribution in [2.45, 2.75) is 147 Å². The van der Waals surface area contributed by atoms with Gasteiger partial charge in [0, 0.05) is 32.0 Å². The molecule has 1 saturated carbocycles. The van der Waals surface area contributed by atoms with Gasteiger partial charge in [0.2, 0.25) is 0 Å². The van der Waals surface area contributed by atoms with Crippen molar-refractivity contribution < 1.29 is 9.16 Å². The number of pyridine rings is 1. The SMILES string of the molecule is CC(C)Cc1ccc([C@H]2OC3(CCCC3I)c3c4c(nc(C(C)C)c32)CC(C)(C)CC4O[Si](C)(C)C(C)(C)C)cc1. The van der Waals surface area contributed by atoms with E-state index in [4.69, 9.17) is 14.1 Å². The number of benzene rings is 1. The first-order valence-corrected chi connectivity index (χ1v) is 20.3. The van der Waals surface area contributed by atoms with Crippen molar-refractivity contribution in [2.24, 2.45) is 11.3 Å². The molecule has 2 heterocycles. The van der Waals surface area contributed by atoms with Crippen LogP contribution < -0.4 is 0 Å². The van der Waals surface area contributed by atoms with Gasteiger partial charge in [-0.3, -0.25) is 4.98 Å². The summed E-state index contributed by atoms with van der Waals surface area (Å²) in [6.07, 6.45) is 6.63. The quantitative estimate of drug-likeness (QED) is 0.172. The molecule has 0 N–H and O–H groups in total. The molecule has 3 nitrogen and oxygen atoms in total. The smallest absolute Gasteiger partial charge is 0.192 e. The summed E-state index contributed by atoms with van der Waals surface area (Å²) in [5, 5.41) is 0.150. The van der Waals surface area contributed by atoms with Gasteiger partial charge in [-0.15, -0.1) is 0 Å². The van der Waals surface area contributed by atoms with Gasteiger partial charge in [-0.05, 0) is 85.0 Å². The van der Waals surface area contributed by atoms with E-state index in [1.165, 1.54) is 52.0 Å². The Hall–Kier alpha value is -0.763. The first kappa shape index (κ1) is 31.7. The molecule has 1 aliphatic heterocycles. The standard InChI is InChI=1S/C36H54INO2Si/c1-22(2)19-24-14-16-25(17-15-24)33-30-31(36(39-33)18-12-13-28(36)37)29-26(38-32(30)23(3)4)20-35(8,9)21-27(29)40-41(10,11)34(5,6)7/h14-17,22-23,27-28,33H,12-13,18-21H2,1-11H3/t27?,28?,33-,36?/m1/s1. The Balaban J connectivity index is 1.75. The number of hydrogen-bond donors (Lipinski definition) is 0. The number of ether oxygens (including phenoxy) is 1. The number of nitrogens with zero attached hydrogens (tertiary/aromatic N) is 1. The molecule has 0 radical (unpaired) electrons. The molecule has 2 aromatic rings. The summed E-state index contributed by atoms with van der Waals surface area (Å²) in [5.74, 6) is 0.977. The first-order valence-electron chi connectivity index (χ1n) is 16.1. The zero-order chi connectivity index (χ0) is 30.1. The fourth-order valence-corrected chi connectivity index (χ4v) is 9.78. The maximum Gasteiger partial charge on any atom is 0.192 e. The second-order valence-electron chi connectivity index (χ2n) is 16.3. The minimum Gasteiger partial charge on any atom is -0.410 e. The summed E-state index contributed by atoms with van der Waals surface area (Å²) in [4.78, 5) is 5.59. The minimum absolute atomic E-state index is 0.0638. The zero-order valence-corrected chi connectivity index (χ0v) is 30.7. The number of fused-ring (bicyclic) bond motifs is 4. The Morgan fingerprint density at radius 3 is 2.27 bits per heavy atom. The molecule has 0 saturated heterocycles. The Morgan fingerprint density at radius 1 is 1.07 bits per heavy atom. The summed E-state index contributed by atoms with van der Waals surface area (Å²) < 4.78 is 15.3. The van der Waals surface area contributed by atoms with Crippen molar-refractivity contribution in [3.63, 3.8) is 0 Å². The lowest BCUT2D eigenvalue weighted by molar-refractivity contribution is -0.0514. The zero-order valence-electron chi connectivity index (χ0n) is 27.6. The molecular formula is C36H54INO2Si. The second-order valence-corrected chi connectivity index (χ2v) is 22.6. The molecule has 41 heavy (non-hydrogen) atoms. The van der Waals surface area contributed by atoms with Crippen molar-refractivity contribution in [3.8, 4) is 0 Å². The van der Waals surface area contributed by atoms with E-state index in [2.05, 4.69) is 122 Å². The normalized spacial score (nSPS) is 27.6. The van der Waals surface area contributed by atoms with Crippen LogP contribution in [0.3, 0.4) is 0 Å².